The highest BCUT2D eigenvalue weighted by atomic mass is 16.2. The van der Waals surface area contributed by atoms with Crippen LogP contribution in [0.15, 0.2) is 54.6 Å². The molecule has 0 aromatic heterocycles. The van der Waals surface area contributed by atoms with E-state index in [1.165, 1.54) is 18.5 Å². The minimum atomic E-state index is -0.185. The highest BCUT2D eigenvalue weighted by Crippen LogP contribution is 2.23. The van der Waals surface area contributed by atoms with Gasteiger partial charge in [0.05, 0.1) is 0 Å². The molecule has 4 heteroatoms. The van der Waals surface area contributed by atoms with Crippen molar-refractivity contribution in [2.24, 2.45) is 5.92 Å². The molecule has 126 valence electrons. The maximum Gasteiger partial charge on any atom is 0.319 e. The predicted molar refractivity (Wildman–Crippen MR) is 99.4 cm³/mol. The lowest BCUT2D eigenvalue weighted by molar-refractivity contribution is 0.251. The first-order valence-electron chi connectivity index (χ1n) is 8.64. The molecule has 0 saturated carbocycles. The van der Waals surface area contributed by atoms with Gasteiger partial charge in [0.15, 0.2) is 0 Å². The number of nitrogens with zero attached hydrogens (tertiary/aromatic N) is 1. The van der Waals surface area contributed by atoms with Gasteiger partial charge in [-0.15, -0.1) is 0 Å². The minimum absolute atomic E-state index is 0.185. The van der Waals surface area contributed by atoms with Crippen LogP contribution in [0, 0.1) is 5.92 Å². The Labute approximate surface area is 143 Å². The fourth-order valence-corrected chi connectivity index (χ4v) is 3.13. The smallest absolute Gasteiger partial charge is 0.319 e. The monoisotopic (exact) mass is 323 g/mol. The lowest BCUT2D eigenvalue weighted by atomic mass is 9.99. The van der Waals surface area contributed by atoms with E-state index in [0.29, 0.717) is 6.54 Å². The lowest BCUT2D eigenvalue weighted by Crippen LogP contribution is -2.34. The summed E-state index contributed by atoms with van der Waals surface area (Å²) in [7, 11) is 0. The quantitative estimate of drug-likeness (QED) is 0.883. The first kappa shape index (κ1) is 16.4. The second kappa shape index (κ2) is 7.86. The standard InChI is InChI=1S/C20H25N3O/c1-16-6-5-13-23(15-16)19-11-9-17(10-12-19)14-21-20(24)22-18-7-3-2-4-8-18/h2-4,7-12,16H,5-6,13-15H2,1H3,(H2,21,22,24)/t16-/m0/s1. The van der Waals surface area contributed by atoms with Gasteiger partial charge in [-0.1, -0.05) is 37.3 Å². The average Bonchev–Trinajstić information content (AvgIpc) is 2.61. The molecule has 3 rings (SSSR count). The molecule has 24 heavy (non-hydrogen) atoms. The van der Waals surface area contributed by atoms with Crippen LogP contribution in [0.2, 0.25) is 0 Å². The molecular weight excluding hydrogens is 298 g/mol. The number of para-hydroxylation sites is 1. The highest BCUT2D eigenvalue weighted by Gasteiger charge is 2.16. The molecule has 0 radical (unpaired) electrons. The van der Waals surface area contributed by atoms with Gasteiger partial charge in [0, 0.05) is 31.0 Å². The molecule has 1 aliphatic rings. The Kier molecular flexibility index (Phi) is 5.36. The first-order valence-corrected chi connectivity index (χ1v) is 8.64. The van der Waals surface area contributed by atoms with Crippen molar-refractivity contribution in [3.8, 4) is 0 Å². The van der Waals surface area contributed by atoms with Crippen LogP contribution >= 0.6 is 0 Å². The van der Waals surface area contributed by atoms with Crippen molar-refractivity contribution in [2.45, 2.75) is 26.3 Å². The van der Waals surface area contributed by atoms with Crippen molar-refractivity contribution in [2.75, 3.05) is 23.3 Å². The molecular formula is C20H25N3O. The Morgan fingerprint density at radius 3 is 2.58 bits per heavy atom. The number of carbonyl (C=O) groups excluding carboxylic acids is 1. The number of piperidine rings is 1. The van der Waals surface area contributed by atoms with Gasteiger partial charge in [0.2, 0.25) is 0 Å². The van der Waals surface area contributed by atoms with E-state index >= 15 is 0 Å². The van der Waals surface area contributed by atoms with Gasteiger partial charge in [-0.05, 0) is 48.6 Å². The van der Waals surface area contributed by atoms with Crippen LogP contribution in [0.25, 0.3) is 0 Å². The van der Waals surface area contributed by atoms with Crippen LogP contribution < -0.4 is 15.5 Å². The first-order chi connectivity index (χ1) is 11.7. The molecule has 1 heterocycles. The SMILES string of the molecule is C[C@H]1CCCN(c2ccc(CNC(=O)Nc3ccccc3)cc2)C1. The van der Waals surface area contributed by atoms with Gasteiger partial charge in [-0.3, -0.25) is 0 Å². The molecule has 4 nitrogen and oxygen atoms in total. The Morgan fingerprint density at radius 1 is 1.12 bits per heavy atom. The second-order valence-corrected chi connectivity index (χ2v) is 6.53. The van der Waals surface area contributed by atoms with E-state index in [0.717, 1.165) is 30.3 Å². The van der Waals surface area contributed by atoms with E-state index < -0.39 is 0 Å². The zero-order chi connectivity index (χ0) is 16.8. The summed E-state index contributed by atoms with van der Waals surface area (Å²) in [5.74, 6) is 0.766. The molecule has 0 bridgehead atoms. The largest absolute Gasteiger partial charge is 0.371 e. The van der Waals surface area contributed by atoms with E-state index in [-0.39, 0.29) is 6.03 Å². The second-order valence-electron chi connectivity index (χ2n) is 6.53. The van der Waals surface area contributed by atoms with Crippen molar-refractivity contribution in [3.63, 3.8) is 0 Å². The third kappa shape index (κ3) is 4.51. The Balaban J connectivity index is 1.50. The molecule has 0 aliphatic carbocycles. The van der Waals surface area contributed by atoms with E-state index in [2.05, 4.69) is 46.7 Å². The summed E-state index contributed by atoms with van der Waals surface area (Å²) in [5.41, 5.74) is 3.18. The lowest BCUT2D eigenvalue weighted by Gasteiger charge is -2.32. The van der Waals surface area contributed by atoms with Crippen molar-refractivity contribution < 1.29 is 4.79 Å². The van der Waals surface area contributed by atoms with Crippen molar-refractivity contribution in [3.05, 3.63) is 60.2 Å². The molecule has 0 spiro atoms. The van der Waals surface area contributed by atoms with Crippen molar-refractivity contribution >= 4 is 17.4 Å². The summed E-state index contributed by atoms with van der Waals surface area (Å²) < 4.78 is 0. The summed E-state index contributed by atoms with van der Waals surface area (Å²) in [6.07, 6.45) is 2.60. The molecule has 2 N–H and O–H groups in total. The van der Waals surface area contributed by atoms with Crippen LogP contribution in [0.4, 0.5) is 16.2 Å². The number of amides is 2. The zero-order valence-electron chi connectivity index (χ0n) is 14.2. The number of hydrogen-bond acceptors (Lipinski definition) is 2. The molecule has 1 aliphatic heterocycles. The Morgan fingerprint density at radius 2 is 1.88 bits per heavy atom. The van der Waals surface area contributed by atoms with Crippen molar-refractivity contribution in [1.82, 2.24) is 5.32 Å². The molecule has 2 aromatic carbocycles. The van der Waals surface area contributed by atoms with Crippen LogP contribution in [0.1, 0.15) is 25.3 Å². The van der Waals surface area contributed by atoms with Gasteiger partial charge >= 0.3 is 6.03 Å². The Hall–Kier alpha value is -2.49. The van der Waals surface area contributed by atoms with Gasteiger partial charge in [-0.2, -0.15) is 0 Å². The fraction of sp³-hybridized carbons (Fsp3) is 0.350. The number of nitrogens with one attached hydrogen (secondary N) is 2. The number of anilines is 2. The molecule has 1 fully saturated rings. The Bertz CT molecular complexity index is 654. The summed E-state index contributed by atoms with van der Waals surface area (Å²) in [5, 5.41) is 5.71. The van der Waals surface area contributed by atoms with Gasteiger partial charge in [0.1, 0.15) is 0 Å². The molecule has 1 atom stereocenters. The van der Waals surface area contributed by atoms with Crippen LogP contribution in [0.3, 0.4) is 0 Å². The normalized spacial score (nSPS) is 17.4. The number of carbonyl (C=O) groups is 1. The van der Waals surface area contributed by atoms with E-state index in [9.17, 15) is 4.79 Å². The summed E-state index contributed by atoms with van der Waals surface area (Å²) in [6, 6.07) is 17.8. The molecule has 2 amide bonds. The number of rotatable bonds is 4. The average molecular weight is 323 g/mol. The molecule has 2 aromatic rings. The summed E-state index contributed by atoms with van der Waals surface area (Å²) in [6.45, 7) is 5.11. The van der Waals surface area contributed by atoms with E-state index in [1.807, 2.05) is 30.3 Å². The summed E-state index contributed by atoms with van der Waals surface area (Å²) in [4.78, 5) is 14.4. The zero-order valence-corrected chi connectivity index (χ0v) is 14.2. The van der Waals surface area contributed by atoms with Gasteiger partial charge in [0.25, 0.3) is 0 Å². The predicted octanol–water partition coefficient (Wildman–Crippen LogP) is 4.24. The number of hydrogen-bond donors (Lipinski definition) is 2. The number of urea groups is 1. The van der Waals surface area contributed by atoms with Gasteiger partial charge in [-0.25, -0.2) is 4.79 Å². The third-order valence-electron chi connectivity index (χ3n) is 4.44. The maximum absolute atomic E-state index is 11.9. The van der Waals surface area contributed by atoms with Crippen LogP contribution in [-0.4, -0.2) is 19.1 Å². The number of benzene rings is 2. The van der Waals surface area contributed by atoms with Crippen LogP contribution in [0.5, 0.6) is 0 Å². The third-order valence-corrected chi connectivity index (χ3v) is 4.44. The van der Waals surface area contributed by atoms with Crippen LogP contribution in [-0.2, 0) is 6.54 Å². The van der Waals surface area contributed by atoms with Crippen molar-refractivity contribution in [1.29, 1.82) is 0 Å². The molecule has 0 unspecified atom stereocenters. The fourth-order valence-electron chi connectivity index (χ4n) is 3.13. The van der Waals surface area contributed by atoms with E-state index in [1.54, 1.807) is 0 Å². The minimum Gasteiger partial charge on any atom is -0.371 e. The maximum atomic E-state index is 11.9. The highest BCUT2D eigenvalue weighted by molar-refractivity contribution is 5.89. The van der Waals surface area contributed by atoms with Gasteiger partial charge < -0.3 is 15.5 Å². The molecule has 1 saturated heterocycles. The topological polar surface area (TPSA) is 44.4 Å². The van der Waals surface area contributed by atoms with E-state index in [4.69, 9.17) is 0 Å². The summed E-state index contributed by atoms with van der Waals surface area (Å²) >= 11 is 0.